The molecule has 4 nitrogen and oxygen atoms in total. The summed E-state index contributed by atoms with van der Waals surface area (Å²) < 4.78 is 11.3. The van der Waals surface area contributed by atoms with E-state index in [0.29, 0.717) is 33.9 Å². The molecule has 2 N–H and O–H groups in total. The monoisotopic (exact) mass is 327 g/mol. The van der Waals surface area contributed by atoms with Gasteiger partial charge in [-0.25, -0.2) is 5.90 Å². The van der Waals surface area contributed by atoms with Crippen LogP contribution < -0.4 is 15.4 Å². The van der Waals surface area contributed by atoms with E-state index in [1.54, 1.807) is 42.5 Å². The van der Waals surface area contributed by atoms with E-state index in [-0.39, 0.29) is 6.10 Å². The fraction of sp³-hybridized carbons (Fsp3) is 0.200. The number of hydrogen-bond acceptors (Lipinski definition) is 4. The number of ether oxygens (including phenoxy) is 2. The van der Waals surface area contributed by atoms with Crippen LogP contribution in [0.15, 0.2) is 42.5 Å². The van der Waals surface area contributed by atoms with Crippen molar-refractivity contribution in [3.8, 4) is 17.2 Å². The molecule has 1 atom stereocenters. The average molecular weight is 328 g/mol. The molecule has 1 unspecified atom stereocenters. The normalized spacial score (nSPS) is 12.0. The highest BCUT2D eigenvalue weighted by Crippen LogP contribution is 2.32. The standard InChI is InChI=1S/C15H15Cl2NO3/c1-10(9-19-18)20-12-3-5-13(6-4-12)21-15-7-2-11(16)8-14(15)17/h2-8,10H,9,18H2,1H3. The summed E-state index contributed by atoms with van der Waals surface area (Å²) in [5.41, 5.74) is 0. The maximum Gasteiger partial charge on any atom is 0.146 e. The second-order valence-corrected chi connectivity index (χ2v) is 5.25. The van der Waals surface area contributed by atoms with Gasteiger partial charge in [0.15, 0.2) is 0 Å². The third-order valence-electron chi connectivity index (χ3n) is 2.61. The van der Waals surface area contributed by atoms with E-state index in [9.17, 15) is 0 Å². The summed E-state index contributed by atoms with van der Waals surface area (Å²) in [4.78, 5) is 4.53. The molecule has 112 valence electrons. The quantitative estimate of drug-likeness (QED) is 0.796. The van der Waals surface area contributed by atoms with Crippen molar-refractivity contribution < 1.29 is 14.3 Å². The molecular weight excluding hydrogens is 313 g/mol. The largest absolute Gasteiger partial charge is 0.488 e. The minimum absolute atomic E-state index is 0.132. The maximum absolute atomic E-state index is 6.05. The maximum atomic E-state index is 6.05. The summed E-state index contributed by atoms with van der Waals surface area (Å²) in [5, 5.41) is 1.02. The third kappa shape index (κ3) is 4.79. The fourth-order valence-electron chi connectivity index (χ4n) is 1.67. The van der Waals surface area contributed by atoms with Crippen LogP contribution in [-0.2, 0) is 4.84 Å². The summed E-state index contributed by atoms with van der Waals surface area (Å²) in [6.07, 6.45) is -0.132. The molecule has 0 saturated carbocycles. The molecule has 2 aromatic rings. The predicted molar refractivity (Wildman–Crippen MR) is 83.2 cm³/mol. The van der Waals surface area contributed by atoms with Crippen LogP contribution in [0.2, 0.25) is 10.0 Å². The molecule has 0 aliphatic heterocycles. The summed E-state index contributed by atoms with van der Waals surface area (Å²) in [7, 11) is 0. The molecule has 0 spiro atoms. The van der Waals surface area contributed by atoms with Crippen molar-refractivity contribution in [1.82, 2.24) is 0 Å². The van der Waals surface area contributed by atoms with Gasteiger partial charge >= 0.3 is 0 Å². The second-order valence-electron chi connectivity index (χ2n) is 4.41. The summed E-state index contributed by atoms with van der Waals surface area (Å²) in [5.74, 6) is 6.89. The first kappa shape index (κ1) is 15.9. The minimum Gasteiger partial charge on any atom is -0.488 e. The summed E-state index contributed by atoms with van der Waals surface area (Å²) in [6.45, 7) is 2.18. The van der Waals surface area contributed by atoms with Crippen molar-refractivity contribution in [3.05, 3.63) is 52.5 Å². The van der Waals surface area contributed by atoms with Crippen molar-refractivity contribution in [3.63, 3.8) is 0 Å². The van der Waals surface area contributed by atoms with Gasteiger partial charge in [-0.05, 0) is 49.4 Å². The number of benzene rings is 2. The molecule has 2 aromatic carbocycles. The summed E-state index contributed by atoms with van der Waals surface area (Å²) in [6, 6.07) is 12.2. The minimum atomic E-state index is -0.132. The van der Waals surface area contributed by atoms with Gasteiger partial charge in [-0.15, -0.1) is 0 Å². The van der Waals surface area contributed by atoms with Crippen LogP contribution in [-0.4, -0.2) is 12.7 Å². The van der Waals surface area contributed by atoms with E-state index in [1.165, 1.54) is 0 Å². The first-order chi connectivity index (χ1) is 10.1. The number of halogens is 2. The van der Waals surface area contributed by atoms with Gasteiger partial charge in [-0.3, -0.25) is 0 Å². The van der Waals surface area contributed by atoms with Crippen LogP contribution in [0.3, 0.4) is 0 Å². The van der Waals surface area contributed by atoms with Gasteiger partial charge in [-0.1, -0.05) is 23.2 Å². The first-order valence-corrected chi connectivity index (χ1v) is 7.05. The zero-order valence-electron chi connectivity index (χ0n) is 11.4. The molecule has 21 heavy (non-hydrogen) atoms. The van der Waals surface area contributed by atoms with Crippen molar-refractivity contribution in [2.24, 2.45) is 5.90 Å². The molecule has 0 heterocycles. The van der Waals surface area contributed by atoms with Crippen LogP contribution in [0, 0.1) is 0 Å². The molecule has 0 bridgehead atoms. The highest BCUT2D eigenvalue weighted by atomic mass is 35.5. The number of hydrogen-bond donors (Lipinski definition) is 1. The SMILES string of the molecule is CC(CON)Oc1ccc(Oc2ccc(Cl)cc2Cl)cc1. The van der Waals surface area contributed by atoms with E-state index >= 15 is 0 Å². The molecule has 0 amide bonds. The van der Waals surface area contributed by atoms with Crippen LogP contribution in [0.5, 0.6) is 17.2 Å². The van der Waals surface area contributed by atoms with Crippen molar-refractivity contribution in [1.29, 1.82) is 0 Å². The van der Waals surface area contributed by atoms with Gasteiger partial charge in [0.1, 0.15) is 30.0 Å². The third-order valence-corrected chi connectivity index (χ3v) is 3.14. The van der Waals surface area contributed by atoms with E-state index in [0.717, 1.165) is 0 Å². The Balaban J connectivity index is 2.02. The Morgan fingerprint density at radius 3 is 2.33 bits per heavy atom. The summed E-state index contributed by atoms with van der Waals surface area (Å²) >= 11 is 11.9. The van der Waals surface area contributed by atoms with Gasteiger partial charge in [0.2, 0.25) is 0 Å². The van der Waals surface area contributed by atoms with E-state index in [2.05, 4.69) is 4.84 Å². The first-order valence-electron chi connectivity index (χ1n) is 6.30. The molecule has 0 radical (unpaired) electrons. The second kappa shape index (κ2) is 7.52. The van der Waals surface area contributed by atoms with E-state index in [1.807, 2.05) is 6.92 Å². The Hall–Kier alpha value is -1.46. The molecule has 0 saturated heterocycles. The zero-order chi connectivity index (χ0) is 15.2. The van der Waals surface area contributed by atoms with Gasteiger partial charge in [0.25, 0.3) is 0 Å². The van der Waals surface area contributed by atoms with E-state index in [4.69, 9.17) is 38.6 Å². The van der Waals surface area contributed by atoms with Crippen molar-refractivity contribution >= 4 is 23.2 Å². The van der Waals surface area contributed by atoms with Crippen molar-refractivity contribution in [2.75, 3.05) is 6.61 Å². The Kier molecular flexibility index (Phi) is 5.70. The highest BCUT2D eigenvalue weighted by Gasteiger charge is 2.06. The van der Waals surface area contributed by atoms with Crippen LogP contribution in [0.25, 0.3) is 0 Å². The zero-order valence-corrected chi connectivity index (χ0v) is 12.9. The van der Waals surface area contributed by atoms with Crippen LogP contribution >= 0.6 is 23.2 Å². The molecule has 0 aliphatic carbocycles. The van der Waals surface area contributed by atoms with Gasteiger partial charge in [0, 0.05) is 5.02 Å². The molecule has 0 aromatic heterocycles. The molecule has 0 fully saturated rings. The van der Waals surface area contributed by atoms with Gasteiger partial charge < -0.3 is 14.3 Å². The Morgan fingerprint density at radius 1 is 1.05 bits per heavy atom. The number of rotatable bonds is 6. The Labute approximate surface area is 133 Å². The van der Waals surface area contributed by atoms with Gasteiger partial charge in [0.05, 0.1) is 5.02 Å². The van der Waals surface area contributed by atoms with Crippen LogP contribution in [0.1, 0.15) is 6.92 Å². The Morgan fingerprint density at radius 2 is 1.71 bits per heavy atom. The molecule has 2 rings (SSSR count). The van der Waals surface area contributed by atoms with Gasteiger partial charge in [-0.2, -0.15) is 0 Å². The van der Waals surface area contributed by atoms with Crippen LogP contribution in [0.4, 0.5) is 0 Å². The number of nitrogens with two attached hydrogens (primary N) is 1. The van der Waals surface area contributed by atoms with Crippen molar-refractivity contribution in [2.45, 2.75) is 13.0 Å². The lowest BCUT2D eigenvalue weighted by molar-refractivity contribution is 0.0589. The Bertz CT molecular complexity index is 590. The molecule has 6 heteroatoms. The average Bonchev–Trinajstić information content (AvgIpc) is 2.44. The molecular formula is C15H15Cl2NO3. The van der Waals surface area contributed by atoms with E-state index < -0.39 is 0 Å². The molecule has 0 aliphatic rings. The topological polar surface area (TPSA) is 53.7 Å². The highest BCUT2D eigenvalue weighted by molar-refractivity contribution is 6.35. The lowest BCUT2D eigenvalue weighted by Gasteiger charge is -2.14. The lowest BCUT2D eigenvalue weighted by atomic mass is 10.3. The smallest absolute Gasteiger partial charge is 0.146 e. The lowest BCUT2D eigenvalue weighted by Crippen LogP contribution is -2.21. The fourth-order valence-corrected chi connectivity index (χ4v) is 2.12. The predicted octanol–water partition coefficient (Wildman–Crippen LogP) is 4.44.